The SMILES string of the molecule is CCC(CC)C1C(=O)Nc2ccc(F)cc21. The summed E-state index contributed by atoms with van der Waals surface area (Å²) in [7, 11) is 0. The van der Waals surface area contributed by atoms with Crippen molar-refractivity contribution in [1.29, 1.82) is 0 Å². The second kappa shape index (κ2) is 4.24. The number of rotatable bonds is 3. The van der Waals surface area contributed by atoms with Gasteiger partial charge in [0.15, 0.2) is 0 Å². The molecule has 1 aliphatic heterocycles. The predicted octanol–water partition coefficient (Wildman–Crippen LogP) is 3.30. The monoisotopic (exact) mass is 221 g/mol. The second-order valence-corrected chi connectivity index (χ2v) is 4.28. The molecule has 1 aromatic carbocycles. The van der Waals surface area contributed by atoms with Crippen molar-refractivity contribution in [3.05, 3.63) is 29.6 Å². The van der Waals surface area contributed by atoms with Crippen molar-refractivity contribution in [2.75, 3.05) is 5.32 Å². The molecule has 0 aliphatic carbocycles. The van der Waals surface area contributed by atoms with E-state index in [-0.39, 0.29) is 17.6 Å². The molecule has 2 rings (SSSR count). The fourth-order valence-corrected chi connectivity index (χ4v) is 2.48. The molecule has 0 fully saturated rings. The molecule has 0 radical (unpaired) electrons. The molecule has 0 saturated carbocycles. The van der Waals surface area contributed by atoms with Crippen LogP contribution in [0.3, 0.4) is 0 Å². The minimum Gasteiger partial charge on any atom is -0.325 e. The van der Waals surface area contributed by atoms with Gasteiger partial charge < -0.3 is 5.32 Å². The first-order chi connectivity index (χ1) is 7.67. The summed E-state index contributed by atoms with van der Waals surface area (Å²) in [6, 6.07) is 4.51. The smallest absolute Gasteiger partial charge is 0.232 e. The van der Waals surface area contributed by atoms with Crippen LogP contribution in [-0.4, -0.2) is 5.91 Å². The molecular weight excluding hydrogens is 205 g/mol. The average Bonchev–Trinajstić information content (AvgIpc) is 2.58. The van der Waals surface area contributed by atoms with E-state index in [0.29, 0.717) is 5.92 Å². The Morgan fingerprint density at radius 2 is 2.06 bits per heavy atom. The van der Waals surface area contributed by atoms with E-state index in [4.69, 9.17) is 0 Å². The van der Waals surface area contributed by atoms with Gasteiger partial charge in [-0.1, -0.05) is 26.7 Å². The fourth-order valence-electron chi connectivity index (χ4n) is 2.48. The number of carbonyl (C=O) groups excluding carboxylic acids is 1. The average molecular weight is 221 g/mol. The van der Waals surface area contributed by atoms with Crippen molar-refractivity contribution in [3.8, 4) is 0 Å². The van der Waals surface area contributed by atoms with E-state index < -0.39 is 0 Å². The van der Waals surface area contributed by atoms with Crippen LogP contribution in [0.4, 0.5) is 10.1 Å². The van der Waals surface area contributed by atoms with Gasteiger partial charge in [0, 0.05) is 5.69 Å². The summed E-state index contributed by atoms with van der Waals surface area (Å²) in [5.74, 6) is -0.149. The lowest BCUT2D eigenvalue weighted by Crippen LogP contribution is -2.20. The Hall–Kier alpha value is -1.38. The van der Waals surface area contributed by atoms with E-state index in [1.54, 1.807) is 6.07 Å². The number of fused-ring (bicyclic) bond motifs is 1. The summed E-state index contributed by atoms with van der Waals surface area (Å²) < 4.78 is 13.2. The first kappa shape index (κ1) is 11.1. The fraction of sp³-hybridized carbons (Fsp3) is 0.462. The van der Waals surface area contributed by atoms with Gasteiger partial charge in [0.2, 0.25) is 5.91 Å². The van der Waals surface area contributed by atoms with Gasteiger partial charge in [-0.25, -0.2) is 4.39 Å². The molecule has 0 aromatic heterocycles. The third-order valence-electron chi connectivity index (χ3n) is 3.41. The lowest BCUT2D eigenvalue weighted by atomic mass is 9.83. The summed E-state index contributed by atoms with van der Waals surface area (Å²) in [5, 5.41) is 2.82. The maximum Gasteiger partial charge on any atom is 0.232 e. The van der Waals surface area contributed by atoms with Crippen molar-refractivity contribution in [1.82, 2.24) is 0 Å². The summed E-state index contributed by atoms with van der Waals surface area (Å²) in [5.41, 5.74) is 1.59. The summed E-state index contributed by atoms with van der Waals surface area (Å²) in [4.78, 5) is 11.9. The number of hydrogen-bond donors (Lipinski definition) is 1. The lowest BCUT2D eigenvalue weighted by molar-refractivity contribution is -0.118. The van der Waals surface area contributed by atoms with Crippen molar-refractivity contribution < 1.29 is 9.18 Å². The van der Waals surface area contributed by atoms with Crippen LogP contribution >= 0.6 is 0 Å². The van der Waals surface area contributed by atoms with Crippen LogP contribution < -0.4 is 5.32 Å². The summed E-state index contributed by atoms with van der Waals surface area (Å²) >= 11 is 0. The molecule has 1 unspecified atom stereocenters. The largest absolute Gasteiger partial charge is 0.325 e. The highest BCUT2D eigenvalue weighted by atomic mass is 19.1. The van der Waals surface area contributed by atoms with E-state index >= 15 is 0 Å². The molecule has 3 heteroatoms. The molecule has 2 nitrogen and oxygen atoms in total. The van der Waals surface area contributed by atoms with Gasteiger partial charge in [-0.3, -0.25) is 4.79 Å². The molecule has 1 N–H and O–H groups in total. The Kier molecular flexibility index (Phi) is 2.95. The van der Waals surface area contributed by atoms with Crippen LogP contribution in [-0.2, 0) is 4.79 Å². The quantitative estimate of drug-likeness (QED) is 0.833. The zero-order chi connectivity index (χ0) is 11.7. The van der Waals surface area contributed by atoms with Crippen LogP contribution in [0.2, 0.25) is 0 Å². The summed E-state index contributed by atoms with van der Waals surface area (Å²) in [6.45, 7) is 4.14. The zero-order valence-electron chi connectivity index (χ0n) is 9.59. The van der Waals surface area contributed by atoms with Gasteiger partial charge in [0.1, 0.15) is 5.82 Å². The van der Waals surface area contributed by atoms with Crippen LogP contribution in [0.5, 0.6) is 0 Å². The Morgan fingerprint density at radius 1 is 1.38 bits per heavy atom. The van der Waals surface area contributed by atoms with Gasteiger partial charge >= 0.3 is 0 Å². The molecule has 1 aromatic rings. The first-order valence-electron chi connectivity index (χ1n) is 5.77. The highest BCUT2D eigenvalue weighted by Crippen LogP contribution is 2.40. The van der Waals surface area contributed by atoms with Gasteiger partial charge in [-0.15, -0.1) is 0 Å². The third kappa shape index (κ3) is 1.70. The predicted molar refractivity (Wildman–Crippen MR) is 61.8 cm³/mol. The van der Waals surface area contributed by atoms with Crippen molar-refractivity contribution in [2.45, 2.75) is 32.6 Å². The van der Waals surface area contributed by atoms with Crippen molar-refractivity contribution in [3.63, 3.8) is 0 Å². The number of carbonyl (C=O) groups is 1. The van der Waals surface area contributed by atoms with Crippen molar-refractivity contribution in [2.24, 2.45) is 5.92 Å². The number of hydrogen-bond acceptors (Lipinski definition) is 1. The molecule has 16 heavy (non-hydrogen) atoms. The van der Waals surface area contributed by atoms with Crippen LogP contribution in [0.1, 0.15) is 38.2 Å². The van der Waals surface area contributed by atoms with E-state index in [9.17, 15) is 9.18 Å². The Labute approximate surface area is 94.9 Å². The molecule has 1 amide bonds. The van der Waals surface area contributed by atoms with Crippen LogP contribution in [0.15, 0.2) is 18.2 Å². The van der Waals surface area contributed by atoms with E-state index in [0.717, 1.165) is 24.1 Å². The Balaban J connectivity index is 2.41. The molecular formula is C13H16FNO. The molecule has 0 spiro atoms. The van der Waals surface area contributed by atoms with E-state index in [1.807, 2.05) is 0 Å². The minimum absolute atomic E-state index is 0.00861. The summed E-state index contributed by atoms with van der Waals surface area (Å²) in [6.07, 6.45) is 1.87. The van der Waals surface area contributed by atoms with Gasteiger partial charge in [-0.2, -0.15) is 0 Å². The third-order valence-corrected chi connectivity index (χ3v) is 3.41. The molecule has 1 aliphatic rings. The second-order valence-electron chi connectivity index (χ2n) is 4.28. The maximum atomic E-state index is 13.2. The highest BCUT2D eigenvalue weighted by Gasteiger charge is 2.35. The van der Waals surface area contributed by atoms with E-state index in [1.165, 1.54) is 12.1 Å². The maximum absolute atomic E-state index is 13.2. The topological polar surface area (TPSA) is 29.1 Å². The zero-order valence-corrected chi connectivity index (χ0v) is 9.59. The Bertz CT molecular complexity index is 412. The minimum atomic E-state index is -0.272. The van der Waals surface area contributed by atoms with Crippen molar-refractivity contribution >= 4 is 11.6 Å². The molecule has 86 valence electrons. The van der Waals surface area contributed by atoms with Crippen LogP contribution in [0, 0.1) is 11.7 Å². The molecule has 0 bridgehead atoms. The lowest BCUT2D eigenvalue weighted by Gasteiger charge is -2.18. The number of anilines is 1. The van der Waals surface area contributed by atoms with Gasteiger partial charge in [0.05, 0.1) is 5.92 Å². The normalized spacial score (nSPS) is 18.8. The number of halogens is 1. The van der Waals surface area contributed by atoms with Gasteiger partial charge in [-0.05, 0) is 29.7 Å². The number of benzene rings is 1. The highest BCUT2D eigenvalue weighted by molar-refractivity contribution is 6.03. The molecule has 1 atom stereocenters. The number of nitrogens with one attached hydrogen (secondary N) is 1. The van der Waals surface area contributed by atoms with E-state index in [2.05, 4.69) is 19.2 Å². The standard InChI is InChI=1S/C13H16FNO/c1-3-8(4-2)12-10-7-9(14)5-6-11(10)15-13(12)16/h5-8,12H,3-4H2,1-2H3,(H,15,16). The van der Waals surface area contributed by atoms with Gasteiger partial charge in [0.25, 0.3) is 0 Å². The molecule has 0 saturated heterocycles. The molecule has 1 heterocycles. The van der Waals surface area contributed by atoms with Crippen LogP contribution in [0.25, 0.3) is 0 Å². The Morgan fingerprint density at radius 3 is 2.69 bits per heavy atom. The first-order valence-corrected chi connectivity index (χ1v) is 5.77. The number of amides is 1.